The van der Waals surface area contributed by atoms with Crippen LogP contribution >= 0.6 is 0 Å². The molecule has 0 amide bonds. The van der Waals surface area contributed by atoms with Crippen LogP contribution in [0.3, 0.4) is 0 Å². The van der Waals surface area contributed by atoms with Gasteiger partial charge < -0.3 is 16.2 Å². The Morgan fingerprint density at radius 3 is 2.47 bits per heavy atom. The molecule has 0 bridgehead atoms. The lowest BCUT2D eigenvalue weighted by Gasteiger charge is -2.10. The van der Waals surface area contributed by atoms with Crippen molar-refractivity contribution in [2.24, 2.45) is 0 Å². The van der Waals surface area contributed by atoms with E-state index in [-0.39, 0.29) is 5.82 Å². The molecule has 2 aromatic carbocycles. The van der Waals surface area contributed by atoms with E-state index in [4.69, 9.17) is 16.2 Å². The van der Waals surface area contributed by atoms with Crippen molar-refractivity contribution in [2.45, 2.75) is 6.92 Å². The highest BCUT2D eigenvalue weighted by atomic mass is 19.1. The van der Waals surface area contributed by atoms with Crippen LogP contribution in [-0.2, 0) is 0 Å². The van der Waals surface area contributed by atoms with Crippen molar-refractivity contribution in [1.29, 1.82) is 0 Å². The van der Waals surface area contributed by atoms with Crippen LogP contribution < -0.4 is 16.2 Å². The minimum atomic E-state index is -0.339. The third-order valence-electron chi connectivity index (χ3n) is 2.44. The van der Waals surface area contributed by atoms with Crippen molar-refractivity contribution < 1.29 is 9.13 Å². The number of aryl methyl sites for hydroxylation is 1. The Kier molecular flexibility index (Phi) is 2.87. The number of benzene rings is 2. The Morgan fingerprint density at radius 1 is 1.00 bits per heavy atom. The lowest BCUT2D eigenvalue weighted by Crippen LogP contribution is -1.95. The van der Waals surface area contributed by atoms with Gasteiger partial charge in [-0.2, -0.15) is 0 Å². The van der Waals surface area contributed by atoms with E-state index in [0.29, 0.717) is 22.9 Å². The first kappa shape index (κ1) is 11.3. The molecule has 0 aliphatic rings. The van der Waals surface area contributed by atoms with Gasteiger partial charge in [0.1, 0.15) is 17.3 Å². The van der Waals surface area contributed by atoms with Crippen molar-refractivity contribution in [3.05, 3.63) is 47.8 Å². The zero-order valence-electron chi connectivity index (χ0n) is 9.41. The maximum absolute atomic E-state index is 13.1. The molecule has 0 saturated heterocycles. The fraction of sp³-hybridized carbons (Fsp3) is 0.0769. The van der Waals surface area contributed by atoms with E-state index in [9.17, 15) is 4.39 Å². The van der Waals surface area contributed by atoms with E-state index in [1.165, 1.54) is 12.1 Å². The minimum absolute atomic E-state index is 0.339. The van der Waals surface area contributed by atoms with Crippen molar-refractivity contribution >= 4 is 11.4 Å². The van der Waals surface area contributed by atoms with Crippen molar-refractivity contribution in [2.75, 3.05) is 11.5 Å². The number of halogens is 1. The molecule has 3 nitrogen and oxygen atoms in total. The van der Waals surface area contributed by atoms with Gasteiger partial charge in [-0.3, -0.25) is 0 Å². The molecule has 0 spiro atoms. The predicted molar refractivity (Wildman–Crippen MR) is 66.5 cm³/mol. The van der Waals surface area contributed by atoms with Crippen LogP contribution in [0.4, 0.5) is 15.8 Å². The van der Waals surface area contributed by atoms with E-state index < -0.39 is 0 Å². The third kappa shape index (κ3) is 2.47. The lowest BCUT2D eigenvalue weighted by molar-refractivity contribution is 0.473. The zero-order chi connectivity index (χ0) is 12.4. The largest absolute Gasteiger partial charge is 0.457 e. The third-order valence-corrected chi connectivity index (χ3v) is 2.44. The molecule has 0 aromatic heterocycles. The molecule has 17 heavy (non-hydrogen) atoms. The Labute approximate surface area is 98.8 Å². The summed E-state index contributed by atoms with van der Waals surface area (Å²) in [6.07, 6.45) is 0. The molecule has 0 radical (unpaired) electrons. The fourth-order valence-corrected chi connectivity index (χ4v) is 1.43. The summed E-state index contributed by atoms with van der Waals surface area (Å²) in [6.45, 7) is 1.84. The van der Waals surface area contributed by atoms with Crippen LogP contribution in [0.5, 0.6) is 11.5 Å². The number of nitrogen functional groups attached to an aromatic ring is 2. The Balaban J connectivity index is 2.31. The first-order chi connectivity index (χ1) is 8.06. The van der Waals surface area contributed by atoms with E-state index >= 15 is 0 Å². The van der Waals surface area contributed by atoms with E-state index in [0.717, 1.165) is 5.56 Å². The number of nitrogens with two attached hydrogens (primary N) is 2. The molecule has 0 heterocycles. The van der Waals surface area contributed by atoms with E-state index in [2.05, 4.69) is 0 Å². The molecule has 0 saturated carbocycles. The van der Waals surface area contributed by atoms with Crippen molar-refractivity contribution in [1.82, 2.24) is 0 Å². The maximum atomic E-state index is 13.1. The number of anilines is 2. The summed E-state index contributed by atoms with van der Waals surface area (Å²) in [6, 6.07) is 9.34. The first-order valence-corrected chi connectivity index (χ1v) is 5.15. The second-order valence-corrected chi connectivity index (χ2v) is 3.80. The molecule has 2 rings (SSSR count). The standard InChI is InChI=1S/C13H13FN2O/c1-8-2-3-9(14)6-13(8)17-10-4-5-11(15)12(16)7-10/h2-7H,15-16H2,1H3. The highest BCUT2D eigenvalue weighted by molar-refractivity contribution is 5.65. The molecule has 0 unspecified atom stereocenters. The minimum Gasteiger partial charge on any atom is -0.457 e. The van der Waals surface area contributed by atoms with Gasteiger partial charge in [0.2, 0.25) is 0 Å². The maximum Gasteiger partial charge on any atom is 0.133 e. The average molecular weight is 232 g/mol. The van der Waals surface area contributed by atoms with Crippen LogP contribution in [-0.4, -0.2) is 0 Å². The second kappa shape index (κ2) is 4.33. The Hall–Kier alpha value is -2.23. The number of ether oxygens (including phenoxy) is 1. The van der Waals surface area contributed by atoms with Crippen LogP contribution in [0, 0.1) is 12.7 Å². The molecular formula is C13H13FN2O. The molecular weight excluding hydrogens is 219 g/mol. The van der Waals surface area contributed by atoms with E-state index in [1.807, 2.05) is 6.92 Å². The Bertz CT molecular complexity index is 555. The van der Waals surface area contributed by atoms with Gasteiger partial charge in [0.15, 0.2) is 0 Å². The molecule has 2 aromatic rings. The number of rotatable bonds is 2. The summed E-state index contributed by atoms with van der Waals surface area (Å²) in [5, 5.41) is 0. The molecule has 0 fully saturated rings. The highest BCUT2D eigenvalue weighted by Crippen LogP contribution is 2.28. The smallest absolute Gasteiger partial charge is 0.133 e. The van der Waals surface area contributed by atoms with Crippen molar-refractivity contribution in [3.8, 4) is 11.5 Å². The van der Waals surface area contributed by atoms with Gasteiger partial charge in [-0.15, -0.1) is 0 Å². The van der Waals surface area contributed by atoms with Gasteiger partial charge in [0.25, 0.3) is 0 Å². The summed E-state index contributed by atoms with van der Waals surface area (Å²) < 4.78 is 18.6. The quantitative estimate of drug-likeness (QED) is 0.782. The molecule has 0 aliphatic carbocycles. The molecule has 0 atom stereocenters. The topological polar surface area (TPSA) is 61.3 Å². The normalized spacial score (nSPS) is 10.2. The van der Waals surface area contributed by atoms with Gasteiger partial charge in [-0.05, 0) is 30.7 Å². The predicted octanol–water partition coefficient (Wildman–Crippen LogP) is 3.09. The molecule has 0 aliphatic heterocycles. The highest BCUT2D eigenvalue weighted by Gasteiger charge is 2.04. The van der Waals surface area contributed by atoms with Gasteiger partial charge in [0.05, 0.1) is 11.4 Å². The SMILES string of the molecule is Cc1ccc(F)cc1Oc1ccc(N)c(N)c1. The van der Waals surface area contributed by atoms with Crippen molar-refractivity contribution in [3.63, 3.8) is 0 Å². The number of hydrogen-bond donors (Lipinski definition) is 2. The molecule has 4 N–H and O–H groups in total. The number of hydrogen-bond acceptors (Lipinski definition) is 3. The fourth-order valence-electron chi connectivity index (χ4n) is 1.43. The summed E-state index contributed by atoms with van der Waals surface area (Å²) >= 11 is 0. The van der Waals surface area contributed by atoms with Crippen LogP contribution in [0.2, 0.25) is 0 Å². The summed E-state index contributed by atoms with van der Waals surface area (Å²) in [5.41, 5.74) is 13.0. The first-order valence-electron chi connectivity index (χ1n) is 5.15. The van der Waals surface area contributed by atoms with Crippen LogP contribution in [0.1, 0.15) is 5.56 Å². The monoisotopic (exact) mass is 232 g/mol. The zero-order valence-corrected chi connectivity index (χ0v) is 9.41. The Morgan fingerprint density at radius 2 is 1.76 bits per heavy atom. The molecule has 4 heteroatoms. The van der Waals surface area contributed by atoms with Gasteiger partial charge in [-0.1, -0.05) is 6.07 Å². The van der Waals surface area contributed by atoms with Crippen LogP contribution in [0.25, 0.3) is 0 Å². The van der Waals surface area contributed by atoms with E-state index in [1.54, 1.807) is 24.3 Å². The lowest BCUT2D eigenvalue weighted by atomic mass is 10.2. The average Bonchev–Trinajstić information content (AvgIpc) is 2.29. The van der Waals surface area contributed by atoms with Crippen LogP contribution in [0.15, 0.2) is 36.4 Å². The second-order valence-electron chi connectivity index (χ2n) is 3.80. The van der Waals surface area contributed by atoms with Gasteiger partial charge >= 0.3 is 0 Å². The van der Waals surface area contributed by atoms with Gasteiger partial charge in [0, 0.05) is 12.1 Å². The summed E-state index contributed by atoms with van der Waals surface area (Å²) in [4.78, 5) is 0. The molecule has 88 valence electrons. The summed E-state index contributed by atoms with van der Waals surface area (Å²) in [5.74, 6) is 0.661. The van der Waals surface area contributed by atoms with Gasteiger partial charge in [-0.25, -0.2) is 4.39 Å². The summed E-state index contributed by atoms with van der Waals surface area (Å²) in [7, 11) is 0.